The van der Waals surface area contributed by atoms with Crippen molar-refractivity contribution in [1.29, 1.82) is 0 Å². The van der Waals surface area contributed by atoms with Crippen molar-refractivity contribution in [3.05, 3.63) is 102 Å². The van der Waals surface area contributed by atoms with E-state index in [9.17, 15) is 4.79 Å². The number of benzene rings is 4. The molecule has 4 heteroatoms. The van der Waals surface area contributed by atoms with Crippen molar-refractivity contribution in [1.82, 2.24) is 4.90 Å². The number of morpholine rings is 1. The number of ether oxygens (including phenoxy) is 1. The summed E-state index contributed by atoms with van der Waals surface area (Å²) in [6, 6.07) is 26.2. The Morgan fingerprint density at radius 2 is 1.60 bits per heavy atom. The van der Waals surface area contributed by atoms with Crippen LogP contribution in [0.5, 0.6) is 0 Å². The maximum Gasteiger partial charge on any atom is 0.254 e. The van der Waals surface area contributed by atoms with Gasteiger partial charge in [-0.1, -0.05) is 60.7 Å². The fourth-order valence-corrected chi connectivity index (χ4v) is 6.35. The fraction of sp³-hybridized carbons (Fsp3) is 0.258. The highest BCUT2D eigenvalue weighted by Gasteiger charge is 2.39. The molecule has 7 rings (SSSR count). The maximum absolute atomic E-state index is 13.2. The topological polar surface area (TPSA) is 41.6 Å². The van der Waals surface area contributed by atoms with Crippen LogP contribution in [0.2, 0.25) is 0 Å². The zero-order chi connectivity index (χ0) is 23.4. The third-order valence-electron chi connectivity index (χ3n) is 8.03. The quantitative estimate of drug-likeness (QED) is 0.282. The van der Waals surface area contributed by atoms with E-state index in [-0.39, 0.29) is 11.9 Å². The van der Waals surface area contributed by atoms with Crippen LogP contribution < -0.4 is 5.32 Å². The van der Waals surface area contributed by atoms with E-state index in [1.54, 1.807) is 0 Å². The van der Waals surface area contributed by atoms with Gasteiger partial charge < -0.3 is 15.0 Å². The highest BCUT2D eigenvalue weighted by atomic mass is 16.5. The predicted octanol–water partition coefficient (Wildman–Crippen LogP) is 6.29. The lowest BCUT2D eigenvalue weighted by molar-refractivity contribution is 0.0303. The molecule has 3 atom stereocenters. The molecule has 35 heavy (non-hydrogen) atoms. The minimum Gasteiger partial charge on any atom is -0.378 e. The predicted molar refractivity (Wildman–Crippen MR) is 141 cm³/mol. The van der Waals surface area contributed by atoms with Crippen LogP contribution in [0.3, 0.4) is 0 Å². The number of anilines is 1. The number of carbonyl (C=O) groups is 1. The van der Waals surface area contributed by atoms with Crippen LogP contribution in [0, 0.1) is 5.92 Å². The van der Waals surface area contributed by atoms with Crippen LogP contribution in [0.15, 0.2) is 84.9 Å². The van der Waals surface area contributed by atoms with Crippen LogP contribution in [-0.4, -0.2) is 37.1 Å². The maximum atomic E-state index is 13.2. The Morgan fingerprint density at radius 1 is 0.886 bits per heavy atom. The van der Waals surface area contributed by atoms with E-state index in [1.807, 2.05) is 11.0 Å². The van der Waals surface area contributed by atoms with Crippen molar-refractivity contribution < 1.29 is 9.53 Å². The summed E-state index contributed by atoms with van der Waals surface area (Å²) in [5, 5.41) is 9.12. The molecule has 1 saturated heterocycles. The highest BCUT2D eigenvalue weighted by Crippen LogP contribution is 2.52. The number of hydrogen-bond acceptors (Lipinski definition) is 3. The van der Waals surface area contributed by atoms with Crippen molar-refractivity contribution in [2.75, 3.05) is 31.6 Å². The third-order valence-corrected chi connectivity index (χ3v) is 8.03. The molecular weight excluding hydrogens is 432 g/mol. The number of nitrogens with zero attached hydrogens (tertiary/aromatic N) is 1. The Balaban J connectivity index is 1.34. The average Bonchev–Trinajstić information content (AvgIpc) is 3.42. The zero-order valence-corrected chi connectivity index (χ0v) is 19.6. The molecule has 1 N–H and O–H groups in total. The smallest absolute Gasteiger partial charge is 0.254 e. The SMILES string of the molecule is O=C(c1ccc2c(c1)C1C=CCC1C(c1c3ccccc3cc3ccccc13)N2)N1CCOCC1. The number of hydrogen-bond donors (Lipinski definition) is 1. The molecule has 3 unspecified atom stereocenters. The molecule has 2 aliphatic heterocycles. The molecule has 1 fully saturated rings. The molecular formula is C31H28N2O2. The number of carbonyl (C=O) groups excluding carboxylic acids is 1. The van der Waals surface area contributed by atoms with Gasteiger partial charge in [0.2, 0.25) is 0 Å². The van der Waals surface area contributed by atoms with E-state index < -0.39 is 0 Å². The van der Waals surface area contributed by atoms with E-state index in [0.29, 0.717) is 38.1 Å². The molecule has 0 aromatic heterocycles. The van der Waals surface area contributed by atoms with Gasteiger partial charge in [-0.05, 0) is 69.3 Å². The molecule has 3 aliphatic rings. The standard InChI is InChI=1S/C31H28N2O2/c34-31(33-14-16-35-17-15-33)22-12-13-28-27(19-22)25-10-5-11-26(25)30(32-28)29-23-8-3-1-6-20(23)18-21-7-2-4-9-24(21)29/h1-10,12-13,18-19,25-26,30,32H,11,14-17H2. The summed E-state index contributed by atoms with van der Waals surface area (Å²) in [4.78, 5) is 15.1. The van der Waals surface area contributed by atoms with Crippen molar-refractivity contribution >= 4 is 33.1 Å². The second-order valence-electron chi connectivity index (χ2n) is 9.91. The number of nitrogens with one attached hydrogen (secondary N) is 1. The Hall–Kier alpha value is -3.63. The lowest BCUT2D eigenvalue weighted by Gasteiger charge is -2.39. The minimum atomic E-state index is 0.108. The van der Waals surface area contributed by atoms with Crippen LogP contribution in [0.1, 0.15) is 39.9 Å². The van der Waals surface area contributed by atoms with E-state index in [2.05, 4.69) is 84.2 Å². The summed E-state index contributed by atoms with van der Waals surface area (Å²) >= 11 is 0. The molecule has 4 aromatic rings. The van der Waals surface area contributed by atoms with Gasteiger partial charge in [-0.2, -0.15) is 0 Å². The van der Waals surface area contributed by atoms with E-state index in [1.165, 1.54) is 32.7 Å². The fourth-order valence-electron chi connectivity index (χ4n) is 6.35. The van der Waals surface area contributed by atoms with Crippen LogP contribution >= 0.6 is 0 Å². The first-order valence-corrected chi connectivity index (χ1v) is 12.6. The summed E-state index contributed by atoms with van der Waals surface area (Å²) in [6.07, 6.45) is 5.71. The van der Waals surface area contributed by atoms with Gasteiger partial charge in [-0.15, -0.1) is 0 Å². The summed E-state index contributed by atoms with van der Waals surface area (Å²) in [5.74, 6) is 0.814. The second kappa shape index (κ2) is 8.24. The molecule has 0 radical (unpaired) electrons. The van der Waals surface area contributed by atoms with Gasteiger partial charge in [0.15, 0.2) is 0 Å². The molecule has 4 nitrogen and oxygen atoms in total. The highest BCUT2D eigenvalue weighted by molar-refractivity contribution is 6.03. The first-order chi connectivity index (χ1) is 17.3. The van der Waals surface area contributed by atoms with Crippen molar-refractivity contribution in [2.45, 2.75) is 18.4 Å². The normalized spacial score (nSPS) is 23.2. The monoisotopic (exact) mass is 460 g/mol. The molecule has 0 spiro atoms. The Bertz CT molecular complexity index is 1430. The van der Waals surface area contributed by atoms with Crippen LogP contribution in [-0.2, 0) is 4.74 Å². The Kier molecular flexibility index (Phi) is 4.88. The lowest BCUT2D eigenvalue weighted by atomic mass is 9.74. The summed E-state index contributed by atoms with van der Waals surface area (Å²) < 4.78 is 5.43. The molecule has 0 saturated carbocycles. The Morgan fingerprint density at radius 3 is 2.34 bits per heavy atom. The summed E-state index contributed by atoms with van der Waals surface area (Å²) in [5.41, 5.74) is 4.54. The molecule has 4 aromatic carbocycles. The molecule has 1 amide bonds. The molecule has 0 bridgehead atoms. The summed E-state index contributed by atoms with van der Waals surface area (Å²) in [6.45, 7) is 2.56. The summed E-state index contributed by atoms with van der Waals surface area (Å²) in [7, 11) is 0. The van der Waals surface area contributed by atoms with Gasteiger partial charge in [-0.3, -0.25) is 4.79 Å². The van der Waals surface area contributed by atoms with Gasteiger partial charge in [0, 0.05) is 30.3 Å². The van der Waals surface area contributed by atoms with Gasteiger partial charge in [0.1, 0.15) is 0 Å². The molecule has 2 heterocycles. The van der Waals surface area contributed by atoms with Crippen molar-refractivity contribution in [2.24, 2.45) is 5.92 Å². The zero-order valence-electron chi connectivity index (χ0n) is 19.6. The van der Waals surface area contributed by atoms with E-state index in [4.69, 9.17) is 4.74 Å². The number of amides is 1. The number of fused-ring (bicyclic) bond motifs is 5. The first-order valence-electron chi connectivity index (χ1n) is 12.6. The van der Waals surface area contributed by atoms with Crippen LogP contribution in [0.25, 0.3) is 21.5 Å². The lowest BCUT2D eigenvalue weighted by Crippen LogP contribution is -2.40. The van der Waals surface area contributed by atoms with Gasteiger partial charge in [0.25, 0.3) is 5.91 Å². The molecule has 174 valence electrons. The van der Waals surface area contributed by atoms with Gasteiger partial charge >= 0.3 is 0 Å². The second-order valence-corrected chi connectivity index (χ2v) is 9.91. The van der Waals surface area contributed by atoms with Crippen LogP contribution in [0.4, 0.5) is 5.69 Å². The number of allylic oxidation sites excluding steroid dienone is 2. The first kappa shape index (κ1) is 20.7. The van der Waals surface area contributed by atoms with E-state index >= 15 is 0 Å². The van der Waals surface area contributed by atoms with Gasteiger partial charge in [0.05, 0.1) is 19.3 Å². The largest absolute Gasteiger partial charge is 0.378 e. The third kappa shape index (κ3) is 3.35. The van der Waals surface area contributed by atoms with Gasteiger partial charge in [-0.25, -0.2) is 0 Å². The average molecular weight is 461 g/mol. The number of rotatable bonds is 2. The van der Waals surface area contributed by atoms with Crippen molar-refractivity contribution in [3.8, 4) is 0 Å². The minimum absolute atomic E-state index is 0.108. The van der Waals surface area contributed by atoms with E-state index in [0.717, 1.165) is 17.7 Å². The van der Waals surface area contributed by atoms with Crippen molar-refractivity contribution in [3.63, 3.8) is 0 Å². The molecule has 1 aliphatic carbocycles. The Labute approximate surface area is 205 Å².